The topological polar surface area (TPSA) is 105 Å². The van der Waals surface area contributed by atoms with Crippen LogP contribution in [0.15, 0.2) is 30.6 Å². The van der Waals surface area contributed by atoms with Gasteiger partial charge in [0.25, 0.3) is 0 Å². The molecule has 1 atom stereocenters. The maximum Gasteiger partial charge on any atom is 0.163 e. The van der Waals surface area contributed by atoms with Crippen molar-refractivity contribution in [3.8, 4) is 17.1 Å². The lowest BCUT2D eigenvalue weighted by molar-refractivity contribution is 0.280. The fourth-order valence-corrected chi connectivity index (χ4v) is 4.34. The summed E-state index contributed by atoms with van der Waals surface area (Å²) in [5, 5.41) is 21.2. The van der Waals surface area contributed by atoms with Gasteiger partial charge in [0.15, 0.2) is 11.6 Å². The highest BCUT2D eigenvalue weighted by Crippen LogP contribution is 2.26. The monoisotopic (exact) mass is 434 g/mol. The maximum absolute atomic E-state index is 5.23. The van der Waals surface area contributed by atoms with E-state index >= 15 is 0 Å². The van der Waals surface area contributed by atoms with Gasteiger partial charge in [-0.1, -0.05) is 6.42 Å². The zero-order valence-corrected chi connectivity index (χ0v) is 18.5. The number of nitrogens with zero attached hydrogens (tertiary/aromatic N) is 6. The van der Waals surface area contributed by atoms with Gasteiger partial charge in [-0.25, -0.2) is 0 Å². The highest BCUT2D eigenvalue weighted by Gasteiger charge is 2.23. The van der Waals surface area contributed by atoms with Crippen molar-refractivity contribution < 1.29 is 4.74 Å². The Kier molecular flexibility index (Phi) is 6.24. The third-order valence-corrected chi connectivity index (χ3v) is 6.48. The summed E-state index contributed by atoms with van der Waals surface area (Å²) in [5.74, 6) is 3.92. The number of ether oxygens (including phenoxy) is 1. The van der Waals surface area contributed by atoms with Crippen LogP contribution in [0.1, 0.15) is 43.6 Å². The lowest BCUT2D eigenvalue weighted by atomic mass is 9.85. The number of piperidine rings is 1. The van der Waals surface area contributed by atoms with Crippen molar-refractivity contribution in [3.63, 3.8) is 0 Å². The van der Waals surface area contributed by atoms with Crippen LogP contribution in [0.4, 0.5) is 5.82 Å². The minimum Gasteiger partial charge on any atom is -0.495 e. The molecule has 2 fully saturated rings. The summed E-state index contributed by atoms with van der Waals surface area (Å²) in [6.45, 7) is 3.20. The second-order valence-electron chi connectivity index (χ2n) is 8.78. The van der Waals surface area contributed by atoms with Crippen molar-refractivity contribution in [2.45, 2.75) is 44.6 Å². The highest BCUT2D eigenvalue weighted by atomic mass is 16.5. The summed E-state index contributed by atoms with van der Waals surface area (Å²) in [6.07, 6.45) is 10.5. The van der Waals surface area contributed by atoms with E-state index in [0.717, 1.165) is 48.5 Å². The van der Waals surface area contributed by atoms with Crippen molar-refractivity contribution in [3.05, 3.63) is 42.1 Å². The first-order valence-electron chi connectivity index (χ1n) is 11.5. The summed E-state index contributed by atoms with van der Waals surface area (Å²) in [4.78, 5) is 9.76. The number of hydrogen-bond acceptors (Lipinski definition) is 8. The molecule has 1 aliphatic heterocycles. The molecule has 1 saturated heterocycles. The summed E-state index contributed by atoms with van der Waals surface area (Å²) in [5.41, 5.74) is 1.69. The Bertz CT molecular complexity index is 1020. The van der Waals surface area contributed by atoms with Gasteiger partial charge >= 0.3 is 0 Å². The van der Waals surface area contributed by atoms with E-state index in [1.165, 1.54) is 32.1 Å². The van der Waals surface area contributed by atoms with Crippen LogP contribution in [-0.4, -0.2) is 63.1 Å². The van der Waals surface area contributed by atoms with Crippen LogP contribution in [0.3, 0.4) is 0 Å². The van der Waals surface area contributed by atoms with Gasteiger partial charge in [0, 0.05) is 30.9 Å². The molecule has 9 heteroatoms. The highest BCUT2D eigenvalue weighted by molar-refractivity contribution is 5.55. The van der Waals surface area contributed by atoms with Crippen molar-refractivity contribution >= 4 is 5.82 Å². The number of rotatable bonds is 8. The molecule has 0 spiro atoms. The molecule has 32 heavy (non-hydrogen) atoms. The van der Waals surface area contributed by atoms with Gasteiger partial charge in [-0.2, -0.15) is 5.10 Å². The molecular weight excluding hydrogens is 404 g/mol. The predicted molar refractivity (Wildman–Crippen MR) is 122 cm³/mol. The van der Waals surface area contributed by atoms with Gasteiger partial charge in [-0.05, 0) is 56.3 Å². The van der Waals surface area contributed by atoms with Crippen LogP contribution in [0, 0.1) is 5.92 Å². The molecule has 0 bridgehead atoms. The third-order valence-electron chi connectivity index (χ3n) is 6.48. The lowest BCUT2D eigenvalue weighted by Gasteiger charge is -2.35. The minimum absolute atomic E-state index is 0.545. The zero-order chi connectivity index (χ0) is 21.8. The molecule has 3 aromatic heterocycles. The Morgan fingerprint density at radius 1 is 1.09 bits per heavy atom. The maximum atomic E-state index is 5.23. The van der Waals surface area contributed by atoms with Crippen LogP contribution in [0.2, 0.25) is 0 Å². The number of nitrogens with one attached hydrogen (secondary N) is 2. The standard InChI is InChI=1S/C23H30N8O/c1-32-20-10-17(13-24-14-20)23-26-21(28-30-23)11-18-7-8-22(29-27-18)31-9-3-6-19(15-31)25-12-16-4-2-5-16/h7-8,10,13-14,16,19,25H,2-6,9,11-12,15H2,1H3,(H,26,28,30)/t19-/m1/s1. The Labute approximate surface area is 188 Å². The van der Waals surface area contributed by atoms with Crippen molar-refractivity contribution in [1.82, 2.24) is 35.7 Å². The van der Waals surface area contributed by atoms with Crippen molar-refractivity contribution in [2.75, 3.05) is 31.6 Å². The van der Waals surface area contributed by atoms with Crippen LogP contribution >= 0.6 is 0 Å². The molecule has 4 heterocycles. The summed E-state index contributed by atoms with van der Waals surface area (Å²) in [6, 6.07) is 6.52. The van der Waals surface area contributed by atoms with E-state index in [9.17, 15) is 0 Å². The van der Waals surface area contributed by atoms with E-state index in [1.807, 2.05) is 12.1 Å². The van der Waals surface area contributed by atoms with Crippen LogP contribution in [-0.2, 0) is 6.42 Å². The number of aromatic amines is 1. The SMILES string of the molecule is COc1cncc(-c2nnc(Cc3ccc(N4CCC[C@@H](NCC5CCC5)C4)nn3)[nH]2)c1. The summed E-state index contributed by atoms with van der Waals surface area (Å²) in [7, 11) is 1.62. The first-order chi connectivity index (χ1) is 15.8. The average Bonchev–Trinajstić information content (AvgIpc) is 3.27. The molecule has 2 aliphatic rings. The average molecular weight is 435 g/mol. The molecule has 2 N–H and O–H groups in total. The molecule has 0 unspecified atom stereocenters. The number of H-pyrrole nitrogens is 1. The Balaban J connectivity index is 1.18. The van der Waals surface area contributed by atoms with E-state index in [4.69, 9.17) is 4.74 Å². The van der Waals surface area contributed by atoms with Crippen LogP contribution in [0.25, 0.3) is 11.4 Å². The Morgan fingerprint density at radius 3 is 2.81 bits per heavy atom. The van der Waals surface area contributed by atoms with Gasteiger partial charge in [-0.15, -0.1) is 15.3 Å². The lowest BCUT2D eigenvalue weighted by Crippen LogP contribution is -2.47. The van der Waals surface area contributed by atoms with Gasteiger partial charge in [0.05, 0.1) is 25.4 Å². The fourth-order valence-electron chi connectivity index (χ4n) is 4.34. The predicted octanol–water partition coefficient (Wildman–Crippen LogP) is 2.61. The van der Waals surface area contributed by atoms with Crippen LogP contribution in [0.5, 0.6) is 5.75 Å². The smallest absolute Gasteiger partial charge is 0.163 e. The van der Waals surface area contributed by atoms with Crippen molar-refractivity contribution in [1.29, 1.82) is 0 Å². The second kappa shape index (κ2) is 9.60. The van der Waals surface area contributed by atoms with E-state index in [-0.39, 0.29) is 0 Å². The largest absolute Gasteiger partial charge is 0.495 e. The van der Waals surface area contributed by atoms with Crippen LogP contribution < -0.4 is 15.0 Å². The minimum atomic E-state index is 0.545. The molecule has 1 aliphatic carbocycles. The van der Waals surface area contributed by atoms with Crippen molar-refractivity contribution in [2.24, 2.45) is 5.92 Å². The molecular formula is C23H30N8O. The van der Waals surface area contributed by atoms with E-state index < -0.39 is 0 Å². The zero-order valence-electron chi connectivity index (χ0n) is 18.5. The Hall–Kier alpha value is -3.07. The quantitative estimate of drug-likeness (QED) is 0.557. The van der Waals surface area contributed by atoms with Gasteiger partial charge < -0.3 is 19.9 Å². The number of hydrogen-bond donors (Lipinski definition) is 2. The first kappa shape index (κ1) is 20.8. The first-order valence-corrected chi connectivity index (χ1v) is 11.5. The molecule has 1 saturated carbocycles. The van der Waals surface area contributed by atoms with Gasteiger partial charge in [0.2, 0.25) is 0 Å². The number of aromatic nitrogens is 6. The summed E-state index contributed by atoms with van der Waals surface area (Å²) >= 11 is 0. The number of methoxy groups -OCH3 is 1. The van der Waals surface area contributed by atoms with Gasteiger partial charge in [-0.3, -0.25) is 4.98 Å². The second-order valence-corrected chi connectivity index (χ2v) is 8.78. The molecule has 5 rings (SSSR count). The number of anilines is 1. The third kappa shape index (κ3) is 4.88. The molecule has 9 nitrogen and oxygen atoms in total. The summed E-state index contributed by atoms with van der Waals surface area (Å²) < 4.78 is 5.23. The normalized spacial score (nSPS) is 19.0. The molecule has 0 amide bonds. The van der Waals surface area contributed by atoms with E-state index in [2.05, 4.69) is 46.6 Å². The molecule has 0 aromatic carbocycles. The molecule has 3 aromatic rings. The number of pyridine rings is 1. The van der Waals surface area contributed by atoms with E-state index in [0.29, 0.717) is 24.0 Å². The van der Waals surface area contributed by atoms with Gasteiger partial charge in [0.1, 0.15) is 11.6 Å². The molecule has 168 valence electrons. The van der Waals surface area contributed by atoms with E-state index in [1.54, 1.807) is 19.5 Å². The fraction of sp³-hybridized carbons (Fsp3) is 0.522. The Morgan fingerprint density at radius 2 is 2.03 bits per heavy atom. The molecule has 0 radical (unpaired) electrons.